The third-order valence-electron chi connectivity index (χ3n) is 4.87. The molecule has 3 aromatic carbocycles. The van der Waals surface area contributed by atoms with Crippen molar-refractivity contribution >= 4 is 29.1 Å². The van der Waals surface area contributed by atoms with E-state index in [1.165, 1.54) is 15.9 Å². The maximum absolute atomic E-state index is 13.2. The molecule has 0 aliphatic heterocycles. The smallest absolute Gasteiger partial charge is 0.263 e. The molecule has 0 heterocycles. The van der Waals surface area contributed by atoms with E-state index in [1.54, 1.807) is 4.90 Å². The van der Waals surface area contributed by atoms with Gasteiger partial charge in [0.05, 0.1) is 0 Å². The van der Waals surface area contributed by atoms with Crippen LogP contribution in [-0.4, -0.2) is 30.6 Å². The van der Waals surface area contributed by atoms with Crippen molar-refractivity contribution in [3.63, 3.8) is 0 Å². The molecule has 0 aliphatic carbocycles. The highest BCUT2D eigenvalue weighted by Gasteiger charge is 2.53. The van der Waals surface area contributed by atoms with E-state index in [0.717, 1.165) is 0 Å². The van der Waals surface area contributed by atoms with Gasteiger partial charge in [0.1, 0.15) is 23.2 Å². The first kappa shape index (κ1) is 18.4. The predicted molar refractivity (Wildman–Crippen MR) is 113 cm³/mol. The summed E-state index contributed by atoms with van der Waals surface area (Å²) >= 11 is 0. The maximum Gasteiger partial charge on any atom is 0.263 e. The van der Waals surface area contributed by atoms with Gasteiger partial charge in [-0.25, -0.2) is 0 Å². The lowest BCUT2D eigenvalue weighted by atomic mass is 10.3. The van der Waals surface area contributed by atoms with E-state index in [4.69, 9.17) is 0 Å². The first-order valence-corrected chi connectivity index (χ1v) is 10.7. The number of carbonyl (C=O) groups is 1. The molecule has 1 amide bonds. The van der Waals surface area contributed by atoms with Gasteiger partial charge in [-0.1, -0.05) is 54.6 Å². The van der Waals surface area contributed by atoms with Crippen LogP contribution in [0.4, 0.5) is 0 Å². The number of benzene rings is 3. The molecular formula is C23H25NOP+. The van der Waals surface area contributed by atoms with Crippen molar-refractivity contribution < 1.29 is 4.79 Å². The molecule has 0 aliphatic rings. The summed E-state index contributed by atoms with van der Waals surface area (Å²) in [6.45, 7) is 2.09. The SMILES string of the molecule is CC(C(=O)N(C)C)[P+](c1ccccc1)(c1ccccc1)c1ccccc1. The van der Waals surface area contributed by atoms with Crippen LogP contribution in [0, 0.1) is 0 Å². The minimum Gasteiger partial charge on any atom is -0.345 e. The van der Waals surface area contributed by atoms with Crippen molar-refractivity contribution in [1.82, 2.24) is 4.90 Å². The molecule has 3 heteroatoms. The quantitative estimate of drug-likeness (QED) is 0.637. The Balaban J connectivity index is 2.37. The molecule has 2 nitrogen and oxygen atoms in total. The number of rotatable bonds is 5. The highest BCUT2D eigenvalue weighted by atomic mass is 31.2. The lowest BCUT2D eigenvalue weighted by Crippen LogP contribution is -2.44. The summed E-state index contributed by atoms with van der Waals surface area (Å²) in [5.74, 6) is 0.162. The third-order valence-corrected chi connectivity index (χ3v) is 9.59. The van der Waals surface area contributed by atoms with Crippen molar-refractivity contribution in [2.75, 3.05) is 14.1 Å². The Kier molecular flexibility index (Phi) is 5.54. The highest BCUT2D eigenvalue weighted by Crippen LogP contribution is 2.59. The largest absolute Gasteiger partial charge is 0.345 e. The van der Waals surface area contributed by atoms with Crippen LogP contribution in [0.25, 0.3) is 0 Å². The van der Waals surface area contributed by atoms with Crippen LogP contribution >= 0.6 is 7.26 Å². The van der Waals surface area contributed by atoms with Gasteiger partial charge in [-0.05, 0) is 43.3 Å². The van der Waals surface area contributed by atoms with E-state index in [9.17, 15) is 4.79 Å². The van der Waals surface area contributed by atoms with Crippen molar-refractivity contribution in [2.24, 2.45) is 0 Å². The first-order valence-electron chi connectivity index (χ1n) is 8.85. The van der Waals surface area contributed by atoms with Gasteiger partial charge in [-0.2, -0.15) is 0 Å². The summed E-state index contributed by atoms with van der Waals surface area (Å²) < 4.78 is 0. The van der Waals surface area contributed by atoms with Crippen LogP contribution in [0.1, 0.15) is 6.92 Å². The van der Waals surface area contributed by atoms with E-state index >= 15 is 0 Å². The van der Waals surface area contributed by atoms with Gasteiger partial charge in [0.2, 0.25) is 0 Å². The number of nitrogens with zero attached hydrogens (tertiary/aromatic N) is 1. The van der Waals surface area contributed by atoms with E-state index < -0.39 is 7.26 Å². The van der Waals surface area contributed by atoms with Gasteiger partial charge < -0.3 is 4.90 Å². The Hall–Kier alpha value is -2.44. The van der Waals surface area contributed by atoms with Gasteiger partial charge >= 0.3 is 0 Å². The Morgan fingerprint density at radius 3 is 1.27 bits per heavy atom. The van der Waals surface area contributed by atoms with Gasteiger partial charge in [-0.15, -0.1) is 0 Å². The Morgan fingerprint density at radius 2 is 1.00 bits per heavy atom. The van der Waals surface area contributed by atoms with E-state index in [-0.39, 0.29) is 11.6 Å². The molecule has 0 saturated heterocycles. The van der Waals surface area contributed by atoms with Crippen molar-refractivity contribution in [3.05, 3.63) is 91.0 Å². The minimum absolute atomic E-state index is 0.148. The molecule has 3 rings (SSSR count). The lowest BCUT2D eigenvalue weighted by molar-refractivity contribution is -0.127. The summed E-state index contributed by atoms with van der Waals surface area (Å²) in [4.78, 5) is 14.9. The first-order chi connectivity index (χ1) is 12.6. The van der Waals surface area contributed by atoms with Crippen molar-refractivity contribution in [1.29, 1.82) is 0 Å². The molecule has 0 aromatic heterocycles. The van der Waals surface area contributed by atoms with Crippen molar-refractivity contribution in [2.45, 2.75) is 12.6 Å². The maximum atomic E-state index is 13.2. The number of hydrogen-bond donors (Lipinski definition) is 0. The predicted octanol–water partition coefficient (Wildman–Crippen LogP) is 3.46. The van der Waals surface area contributed by atoms with Gasteiger partial charge in [-0.3, -0.25) is 4.79 Å². The van der Waals surface area contributed by atoms with Crippen LogP contribution in [0.5, 0.6) is 0 Å². The van der Waals surface area contributed by atoms with Crippen LogP contribution in [0.3, 0.4) is 0 Å². The summed E-state index contributed by atoms with van der Waals surface area (Å²) in [6, 6.07) is 31.6. The molecule has 0 radical (unpaired) electrons. The Morgan fingerprint density at radius 1 is 0.692 bits per heavy atom. The molecule has 0 fully saturated rings. The topological polar surface area (TPSA) is 20.3 Å². The fourth-order valence-electron chi connectivity index (χ4n) is 3.65. The molecular weight excluding hydrogens is 337 g/mol. The average molecular weight is 362 g/mol. The zero-order valence-corrected chi connectivity index (χ0v) is 16.4. The fourth-order valence-corrected chi connectivity index (χ4v) is 8.37. The van der Waals surface area contributed by atoms with Crippen LogP contribution in [-0.2, 0) is 4.79 Å². The van der Waals surface area contributed by atoms with E-state index in [0.29, 0.717) is 0 Å². The number of carbonyl (C=O) groups excluding carboxylic acids is 1. The zero-order chi connectivity index (χ0) is 18.6. The molecule has 0 saturated carbocycles. The second-order valence-electron chi connectivity index (χ2n) is 6.64. The number of amides is 1. The zero-order valence-electron chi connectivity index (χ0n) is 15.5. The van der Waals surface area contributed by atoms with Gasteiger partial charge in [0, 0.05) is 14.1 Å². The summed E-state index contributed by atoms with van der Waals surface area (Å²) in [6.07, 6.45) is 0. The molecule has 0 N–H and O–H groups in total. The molecule has 0 bridgehead atoms. The molecule has 3 aromatic rings. The minimum atomic E-state index is -2.15. The lowest BCUT2D eigenvalue weighted by Gasteiger charge is -2.33. The van der Waals surface area contributed by atoms with Crippen LogP contribution in [0.2, 0.25) is 0 Å². The summed E-state index contributed by atoms with van der Waals surface area (Å²) in [5, 5.41) is 3.71. The van der Waals surface area contributed by atoms with Crippen LogP contribution in [0.15, 0.2) is 91.0 Å². The fraction of sp³-hybridized carbons (Fsp3) is 0.174. The normalized spacial score (nSPS) is 12.4. The average Bonchev–Trinajstić information content (AvgIpc) is 2.70. The Labute approximate surface area is 156 Å². The highest BCUT2D eigenvalue weighted by molar-refractivity contribution is 7.96. The standard InChI is InChI=1S/C23H25NOP/c1-19(23(25)24(2)3)26(20-13-7-4-8-14-20,21-15-9-5-10-16-21)22-17-11-6-12-18-22/h4-19H,1-3H3/q+1. The molecule has 132 valence electrons. The van der Waals surface area contributed by atoms with E-state index in [2.05, 4.69) is 79.7 Å². The van der Waals surface area contributed by atoms with Crippen LogP contribution < -0.4 is 15.9 Å². The summed E-state index contributed by atoms with van der Waals surface area (Å²) in [5.41, 5.74) is -0.148. The van der Waals surface area contributed by atoms with Gasteiger partial charge in [0.25, 0.3) is 5.91 Å². The Bertz CT molecular complexity index is 750. The van der Waals surface area contributed by atoms with Crippen molar-refractivity contribution in [3.8, 4) is 0 Å². The molecule has 0 spiro atoms. The molecule has 1 atom stereocenters. The van der Waals surface area contributed by atoms with E-state index in [1.807, 2.05) is 32.3 Å². The second kappa shape index (κ2) is 7.85. The number of hydrogen-bond acceptors (Lipinski definition) is 1. The molecule has 1 unspecified atom stereocenters. The second-order valence-corrected chi connectivity index (χ2v) is 10.4. The monoisotopic (exact) mass is 362 g/mol. The summed E-state index contributed by atoms with van der Waals surface area (Å²) in [7, 11) is 1.54. The van der Waals surface area contributed by atoms with Gasteiger partial charge in [0.15, 0.2) is 5.66 Å². The third kappa shape index (κ3) is 3.18. The molecule has 26 heavy (non-hydrogen) atoms.